The summed E-state index contributed by atoms with van der Waals surface area (Å²) in [6.07, 6.45) is 3.46. The molecule has 3 rings (SSSR count). The molecule has 0 fully saturated rings. The Morgan fingerprint density at radius 1 is 1.18 bits per heavy atom. The molecule has 0 saturated heterocycles. The van der Waals surface area contributed by atoms with Crippen LogP contribution in [0.3, 0.4) is 0 Å². The summed E-state index contributed by atoms with van der Waals surface area (Å²) in [4.78, 5) is 4.24. The van der Waals surface area contributed by atoms with Crippen LogP contribution in [0.5, 0.6) is 0 Å². The average molecular weight is 309 g/mol. The predicted molar refractivity (Wildman–Crippen MR) is 71.1 cm³/mol. The third kappa shape index (κ3) is 1.73. The number of halogens is 2. The van der Waals surface area contributed by atoms with Crippen LogP contribution in [0.4, 0.5) is 0 Å². The molecule has 0 amide bonds. The smallest absolute Gasteiger partial charge is 0.168 e. The van der Waals surface area contributed by atoms with Gasteiger partial charge in [-0.15, -0.1) is 0 Å². The van der Waals surface area contributed by atoms with E-state index in [4.69, 9.17) is 11.6 Å². The molecule has 0 radical (unpaired) electrons. The highest BCUT2D eigenvalue weighted by atomic mass is 79.9. The zero-order chi connectivity index (χ0) is 11.8. The van der Waals surface area contributed by atoms with Gasteiger partial charge in [0.15, 0.2) is 10.8 Å². The standard InChI is InChI=1S/C12H7BrClN3/c13-10-9(8-4-2-1-3-5-8)11(14)16-17-7-6-15-12(10)17/h1-7H. The Morgan fingerprint density at radius 2 is 1.94 bits per heavy atom. The van der Waals surface area contributed by atoms with Crippen molar-refractivity contribution in [1.82, 2.24) is 14.6 Å². The molecule has 3 aromatic rings. The van der Waals surface area contributed by atoms with Gasteiger partial charge >= 0.3 is 0 Å². The van der Waals surface area contributed by atoms with Gasteiger partial charge in [0.2, 0.25) is 0 Å². The van der Waals surface area contributed by atoms with Crippen LogP contribution in [0.2, 0.25) is 5.15 Å². The average Bonchev–Trinajstić information content (AvgIpc) is 2.78. The van der Waals surface area contributed by atoms with E-state index >= 15 is 0 Å². The molecule has 0 N–H and O–H groups in total. The fraction of sp³-hybridized carbons (Fsp3) is 0. The predicted octanol–water partition coefficient (Wildman–Crippen LogP) is 3.81. The Bertz CT molecular complexity index is 679. The summed E-state index contributed by atoms with van der Waals surface area (Å²) < 4.78 is 2.51. The molecule has 0 saturated carbocycles. The van der Waals surface area contributed by atoms with Crippen molar-refractivity contribution in [3.63, 3.8) is 0 Å². The lowest BCUT2D eigenvalue weighted by atomic mass is 10.1. The monoisotopic (exact) mass is 307 g/mol. The highest BCUT2D eigenvalue weighted by Gasteiger charge is 2.14. The van der Waals surface area contributed by atoms with Gasteiger partial charge in [0.05, 0.1) is 4.47 Å². The summed E-state index contributed by atoms with van der Waals surface area (Å²) in [5.41, 5.74) is 2.64. The van der Waals surface area contributed by atoms with Crippen LogP contribution in [0.25, 0.3) is 16.8 Å². The molecule has 2 aromatic heterocycles. The van der Waals surface area contributed by atoms with E-state index in [0.29, 0.717) is 5.15 Å². The van der Waals surface area contributed by atoms with Crippen molar-refractivity contribution in [2.45, 2.75) is 0 Å². The lowest BCUT2D eigenvalue weighted by Crippen LogP contribution is -1.95. The van der Waals surface area contributed by atoms with Gasteiger partial charge in [-0.2, -0.15) is 5.10 Å². The molecule has 1 aromatic carbocycles. The van der Waals surface area contributed by atoms with E-state index in [1.54, 1.807) is 16.9 Å². The molecule has 0 aliphatic carbocycles. The van der Waals surface area contributed by atoms with Crippen LogP contribution in [0.15, 0.2) is 47.2 Å². The highest BCUT2D eigenvalue weighted by Crippen LogP contribution is 2.35. The van der Waals surface area contributed by atoms with Crippen molar-refractivity contribution in [3.8, 4) is 11.1 Å². The minimum Gasteiger partial charge on any atom is -0.234 e. The molecule has 0 aliphatic rings. The minimum absolute atomic E-state index is 0.452. The first kappa shape index (κ1) is 10.7. The Balaban J connectivity index is 2.36. The van der Waals surface area contributed by atoms with Crippen LogP contribution in [-0.4, -0.2) is 14.6 Å². The summed E-state index contributed by atoms with van der Waals surface area (Å²) >= 11 is 9.75. The number of rotatable bonds is 1. The summed E-state index contributed by atoms with van der Waals surface area (Å²) in [6.45, 7) is 0. The van der Waals surface area contributed by atoms with E-state index in [2.05, 4.69) is 26.0 Å². The summed E-state index contributed by atoms with van der Waals surface area (Å²) in [5.74, 6) is 0. The number of hydrogen-bond acceptors (Lipinski definition) is 2. The van der Waals surface area contributed by atoms with E-state index < -0.39 is 0 Å². The second-order valence-corrected chi connectivity index (χ2v) is 4.69. The summed E-state index contributed by atoms with van der Waals surface area (Å²) in [5, 5.41) is 4.71. The normalized spacial score (nSPS) is 10.9. The highest BCUT2D eigenvalue weighted by molar-refractivity contribution is 9.10. The van der Waals surface area contributed by atoms with Crippen molar-refractivity contribution < 1.29 is 0 Å². The molecule has 0 aliphatic heterocycles. The van der Waals surface area contributed by atoms with Gasteiger partial charge in [-0.1, -0.05) is 41.9 Å². The Kier molecular flexibility index (Phi) is 2.61. The van der Waals surface area contributed by atoms with Crippen LogP contribution < -0.4 is 0 Å². The minimum atomic E-state index is 0.452. The molecule has 0 bridgehead atoms. The topological polar surface area (TPSA) is 30.2 Å². The number of nitrogens with zero attached hydrogens (tertiary/aromatic N) is 3. The Labute approximate surface area is 111 Å². The molecule has 0 unspecified atom stereocenters. The van der Waals surface area contributed by atoms with Crippen molar-refractivity contribution in [2.75, 3.05) is 0 Å². The van der Waals surface area contributed by atoms with Crippen LogP contribution in [0.1, 0.15) is 0 Å². The van der Waals surface area contributed by atoms with Gasteiger partial charge in [-0.3, -0.25) is 0 Å². The lowest BCUT2D eigenvalue weighted by molar-refractivity contribution is 0.934. The first-order valence-electron chi connectivity index (χ1n) is 5.01. The van der Waals surface area contributed by atoms with Gasteiger partial charge in [0, 0.05) is 18.0 Å². The van der Waals surface area contributed by atoms with Crippen LogP contribution in [-0.2, 0) is 0 Å². The Morgan fingerprint density at radius 3 is 2.71 bits per heavy atom. The molecule has 0 atom stereocenters. The maximum atomic E-state index is 6.21. The number of benzene rings is 1. The molecule has 2 heterocycles. The van der Waals surface area contributed by atoms with Crippen LogP contribution >= 0.6 is 27.5 Å². The molecular formula is C12H7BrClN3. The van der Waals surface area contributed by atoms with Gasteiger partial charge in [-0.25, -0.2) is 9.50 Å². The summed E-state index contributed by atoms with van der Waals surface area (Å²) in [7, 11) is 0. The van der Waals surface area contributed by atoms with E-state index in [1.807, 2.05) is 30.3 Å². The van der Waals surface area contributed by atoms with Gasteiger partial charge in [0.1, 0.15) is 0 Å². The second-order valence-electron chi connectivity index (χ2n) is 3.54. The third-order valence-electron chi connectivity index (χ3n) is 2.50. The van der Waals surface area contributed by atoms with Crippen molar-refractivity contribution in [1.29, 1.82) is 0 Å². The molecule has 84 valence electrons. The van der Waals surface area contributed by atoms with E-state index in [9.17, 15) is 0 Å². The van der Waals surface area contributed by atoms with Gasteiger partial charge < -0.3 is 0 Å². The van der Waals surface area contributed by atoms with Gasteiger partial charge in [0.25, 0.3) is 0 Å². The van der Waals surface area contributed by atoms with Crippen molar-refractivity contribution in [2.24, 2.45) is 0 Å². The number of imidazole rings is 1. The zero-order valence-electron chi connectivity index (χ0n) is 8.64. The Hall–Kier alpha value is -1.39. The molecule has 5 heteroatoms. The molecule has 3 nitrogen and oxygen atoms in total. The molecule has 0 spiro atoms. The molecular weight excluding hydrogens is 302 g/mol. The maximum absolute atomic E-state index is 6.21. The van der Waals surface area contributed by atoms with Crippen LogP contribution in [0, 0.1) is 0 Å². The number of aromatic nitrogens is 3. The summed E-state index contributed by atoms with van der Waals surface area (Å²) in [6, 6.07) is 9.88. The fourth-order valence-corrected chi connectivity index (χ4v) is 2.83. The van der Waals surface area contributed by atoms with E-state index in [0.717, 1.165) is 21.2 Å². The quantitative estimate of drug-likeness (QED) is 0.684. The second kappa shape index (κ2) is 4.13. The fourth-order valence-electron chi connectivity index (χ4n) is 1.73. The lowest BCUT2D eigenvalue weighted by Gasteiger charge is -2.07. The SMILES string of the molecule is Clc1nn2ccnc2c(Br)c1-c1ccccc1. The van der Waals surface area contributed by atoms with E-state index in [-0.39, 0.29) is 0 Å². The zero-order valence-corrected chi connectivity index (χ0v) is 11.0. The van der Waals surface area contributed by atoms with E-state index in [1.165, 1.54) is 0 Å². The first-order valence-corrected chi connectivity index (χ1v) is 6.18. The third-order valence-corrected chi connectivity index (χ3v) is 3.52. The van der Waals surface area contributed by atoms with Crippen molar-refractivity contribution >= 4 is 33.2 Å². The maximum Gasteiger partial charge on any atom is 0.168 e. The first-order chi connectivity index (χ1) is 8.27. The number of hydrogen-bond donors (Lipinski definition) is 0. The largest absolute Gasteiger partial charge is 0.234 e. The molecule has 17 heavy (non-hydrogen) atoms. The number of fused-ring (bicyclic) bond motifs is 1. The van der Waals surface area contributed by atoms with Gasteiger partial charge in [-0.05, 0) is 21.5 Å². The van der Waals surface area contributed by atoms with Crippen molar-refractivity contribution in [3.05, 3.63) is 52.4 Å².